The van der Waals surface area contributed by atoms with Gasteiger partial charge in [-0.1, -0.05) is 28.1 Å². The van der Waals surface area contributed by atoms with Gasteiger partial charge in [0.05, 0.1) is 0 Å². The number of benzene rings is 1. The molecule has 1 aromatic rings. The number of rotatable bonds is 3. The highest BCUT2D eigenvalue weighted by molar-refractivity contribution is 9.09. The molecule has 3 heteroatoms. The van der Waals surface area contributed by atoms with E-state index in [1.165, 1.54) is 12.5 Å². The summed E-state index contributed by atoms with van der Waals surface area (Å²) in [6.45, 7) is 1.51. The Balaban J connectivity index is 2.64. The lowest BCUT2D eigenvalue weighted by Gasteiger charge is -2.02. The van der Waals surface area contributed by atoms with Gasteiger partial charge in [0.25, 0.3) is 0 Å². The highest BCUT2D eigenvalue weighted by Gasteiger charge is 1.95. The number of hydrogen-bond donors (Lipinski definition) is 1. The smallest absolute Gasteiger partial charge is 0.221 e. The molecule has 1 amide bonds. The van der Waals surface area contributed by atoms with E-state index < -0.39 is 0 Å². The largest absolute Gasteiger partial charge is 0.326 e. The van der Waals surface area contributed by atoms with Crippen LogP contribution in [0.25, 0.3) is 0 Å². The van der Waals surface area contributed by atoms with E-state index in [-0.39, 0.29) is 5.91 Å². The molecule has 0 atom stereocenters. The van der Waals surface area contributed by atoms with E-state index in [9.17, 15) is 4.79 Å². The number of alkyl halides is 1. The third-order valence-electron chi connectivity index (χ3n) is 1.66. The van der Waals surface area contributed by atoms with Crippen LogP contribution < -0.4 is 5.32 Å². The number of hydrogen-bond acceptors (Lipinski definition) is 1. The van der Waals surface area contributed by atoms with Crippen LogP contribution in [0.2, 0.25) is 0 Å². The third kappa shape index (κ3) is 3.59. The van der Waals surface area contributed by atoms with E-state index in [0.29, 0.717) is 0 Å². The van der Waals surface area contributed by atoms with Crippen molar-refractivity contribution in [2.24, 2.45) is 0 Å². The van der Waals surface area contributed by atoms with Crippen molar-refractivity contribution in [2.45, 2.75) is 13.3 Å². The van der Waals surface area contributed by atoms with E-state index >= 15 is 0 Å². The standard InChI is InChI=1S/C10H12BrNO/c1-8(13)12-10-4-2-9(3-5-10)6-7-11/h2-5H,6-7H2,1H3,(H,12,13). The summed E-state index contributed by atoms with van der Waals surface area (Å²) >= 11 is 3.38. The van der Waals surface area contributed by atoms with E-state index in [1.54, 1.807) is 0 Å². The molecule has 1 N–H and O–H groups in total. The predicted octanol–water partition coefficient (Wildman–Crippen LogP) is 2.58. The molecule has 0 spiro atoms. The van der Waals surface area contributed by atoms with Crippen LogP contribution in [0.1, 0.15) is 12.5 Å². The van der Waals surface area contributed by atoms with Crippen molar-refractivity contribution in [1.29, 1.82) is 0 Å². The number of carbonyl (C=O) groups is 1. The van der Waals surface area contributed by atoms with Crippen molar-refractivity contribution < 1.29 is 4.79 Å². The van der Waals surface area contributed by atoms with Gasteiger partial charge in [-0.15, -0.1) is 0 Å². The highest BCUT2D eigenvalue weighted by atomic mass is 79.9. The van der Waals surface area contributed by atoms with Crippen molar-refractivity contribution in [2.75, 3.05) is 10.6 Å². The molecule has 0 aliphatic rings. The van der Waals surface area contributed by atoms with Gasteiger partial charge in [-0.2, -0.15) is 0 Å². The lowest BCUT2D eigenvalue weighted by molar-refractivity contribution is -0.114. The quantitative estimate of drug-likeness (QED) is 0.811. The van der Waals surface area contributed by atoms with Crippen LogP contribution in [0.15, 0.2) is 24.3 Å². The molecule has 1 aromatic carbocycles. The fourth-order valence-corrected chi connectivity index (χ4v) is 1.52. The van der Waals surface area contributed by atoms with E-state index in [1.807, 2.05) is 24.3 Å². The van der Waals surface area contributed by atoms with E-state index in [0.717, 1.165) is 17.4 Å². The Labute approximate surface area is 86.5 Å². The van der Waals surface area contributed by atoms with Crippen LogP contribution in [0.3, 0.4) is 0 Å². The molecule has 0 fully saturated rings. The number of carbonyl (C=O) groups excluding carboxylic acids is 1. The zero-order valence-corrected chi connectivity index (χ0v) is 9.10. The summed E-state index contributed by atoms with van der Waals surface area (Å²) in [6.07, 6.45) is 1.01. The van der Waals surface area contributed by atoms with Crippen molar-refractivity contribution in [1.82, 2.24) is 0 Å². The summed E-state index contributed by atoms with van der Waals surface area (Å²) in [7, 11) is 0. The number of anilines is 1. The van der Waals surface area contributed by atoms with Crippen molar-refractivity contribution in [3.63, 3.8) is 0 Å². The van der Waals surface area contributed by atoms with Crippen LogP contribution in [-0.4, -0.2) is 11.2 Å². The SMILES string of the molecule is CC(=O)Nc1ccc(CCBr)cc1. The first kappa shape index (κ1) is 10.3. The number of nitrogens with one attached hydrogen (secondary N) is 1. The van der Waals surface area contributed by atoms with E-state index in [4.69, 9.17) is 0 Å². The molecule has 0 aliphatic heterocycles. The van der Waals surface area contributed by atoms with Gasteiger partial charge >= 0.3 is 0 Å². The Bertz CT molecular complexity index is 281. The van der Waals surface area contributed by atoms with Gasteiger partial charge in [-0.25, -0.2) is 0 Å². The summed E-state index contributed by atoms with van der Waals surface area (Å²) in [4.78, 5) is 10.7. The predicted molar refractivity (Wildman–Crippen MR) is 58.2 cm³/mol. The monoisotopic (exact) mass is 241 g/mol. The van der Waals surface area contributed by atoms with Gasteiger partial charge in [0.15, 0.2) is 0 Å². The Kier molecular flexibility index (Phi) is 3.96. The molecule has 70 valence electrons. The molecule has 0 saturated heterocycles. The molecule has 13 heavy (non-hydrogen) atoms. The molecule has 1 rings (SSSR count). The van der Waals surface area contributed by atoms with Crippen molar-refractivity contribution in [3.8, 4) is 0 Å². The highest BCUT2D eigenvalue weighted by Crippen LogP contribution is 2.10. The van der Waals surface area contributed by atoms with Crippen LogP contribution in [-0.2, 0) is 11.2 Å². The fourth-order valence-electron chi connectivity index (χ4n) is 1.07. The Hall–Kier alpha value is -0.830. The minimum atomic E-state index is -0.0340. The first-order valence-electron chi connectivity index (χ1n) is 4.15. The molecule has 0 bridgehead atoms. The normalized spacial score (nSPS) is 9.69. The molecule has 2 nitrogen and oxygen atoms in total. The van der Waals surface area contributed by atoms with Crippen molar-refractivity contribution >= 4 is 27.5 Å². The average Bonchev–Trinajstić information content (AvgIpc) is 2.08. The number of halogens is 1. The molecule has 0 saturated carbocycles. The Morgan fingerprint density at radius 1 is 1.38 bits per heavy atom. The topological polar surface area (TPSA) is 29.1 Å². The lowest BCUT2D eigenvalue weighted by atomic mass is 10.1. The van der Waals surface area contributed by atoms with Crippen LogP contribution >= 0.6 is 15.9 Å². The Morgan fingerprint density at radius 2 is 2.00 bits per heavy atom. The zero-order valence-electron chi connectivity index (χ0n) is 7.51. The second-order valence-electron chi connectivity index (χ2n) is 2.82. The molecule has 0 unspecified atom stereocenters. The summed E-state index contributed by atoms with van der Waals surface area (Å²) in [5, 5.41) is 3.69. The Morgan fingerprint density at radius 3 is 2.46 bits per heavy atom. The van der Waals surface area contributed by atoms with Gasteiger partial charge in [-0.3, -0.25) is 4.79 Å². The molecule has 0 aromatic heterocycles. The van der Waals surface area contributed by atoms with Gasteiger partial charge < -0.3 is 5.32 Å². The van der Waals surface area contributed by atoms with E-state index in [2.05, 4.69) is 21.2 Å². The van der Waals surface area contributed by atoms with Gasteiger partial charge in [0.2, 0.25) is 5.91 Å². The number of amides is 1. The second kappa shape index (κ2) is 5.02. The maximum atomic E-state index is 10.7. The van der Waals surface area contributed by atoms with Crippen LogP contribution in [0.4, 0.5) is 5.69 Å². The summed E-state index contributed by atoms with van der Waals surface area (Å²) in [5.74, 6) is -0.0340. The first-order valence-corrected chi connectivity index (χ1v) is 5.27. The lowest BCUT2D eigenvalue weighted by Crippen LogP contribution is -2.05. The van der Waals surface area contributed by atoms with Gasteiger partial charge in [0, 0.05) is 17.9 Å². The molecule has 0 heterocycles. The second-order valence-corrected chi connectivity index (χ2v) is 3.61. The molecular weight excluding hydrogens is 230 g/mol. The molecule has 0 aliphatic carbocycles. The van der Waals surface area contributed by atoms with Crippen LogP contribution in [0, 0.1) is 0 Å². The summed E-state index contributed by atoms with van der Waals surface area (Å²) < 4.78 is 0. The minimum absolute atomic E-state index is 0.0340. The maximum Gasteiger partial charge on any atom is 0.221 e. The van der Waals surface area contributed by atoms with Gasteiger partial charge in [-0.05, 0) is 24.1 Å². The summed E-state index contributed by atoms with van der Waals surface area (Å²) in [5.41, 5.74) is 2.12. The van der Waals surface area contributed by atoms with Gasteiger partial charge in [0.1, 0.15) is 0 Å². The van der Waals surface area contributed by atoms with Crippen LogP contribution in [0.5, 0.6) is 0 Å². The number of aryl methyl sites for hydroxylation is 1. The maximum absolute atomic E-state index is 10.7. The summed E-state index contributed by atoms with van der Waals surface area (Å²) in [6, 6.07) is 7.87. The minimum Gasteiger partial charge on any atom is -0.326 e. The average molecular weight is 242 g/mol. The fraction of sp³-hybridized carbons (Fsp3) is 0.300. The molecular formula is C10H12BrNO. The van der Waals surface area contributed by atoms with Crippen molar-refractivity contribution in [3.05, 3.63) is 29.8 Å². The first-order chi connectivity index (χ1) is 6.22. The zero-order chi connectivity index (χ0) is 9.68. The third-order valence-corrected chi connectivity index (χ3v) is 2.05. The molecule has 0 radical (unpaired) electrons.